The molecule has 0 bridgehead atoms. The molecule has 1 N–H and O–H groups in total. The van der Waals surface area contributed by atoms with E-state index in [9.17, 15) is 14.1 Å². The first-order valence-corrected chi connectivity index (χ1v) is 13.2. The molecule has 1 unspecified atom stereocenters. The summed E-state index contributed by atoms with van der Waals surface area (Å²) in [7, 11) is 0. The molecule has 0 saturated carbocycles. The van der Waals surface area contributed by atoms with Crippen LogP contribution >= 0.6 is 15.9 Å². The summed E-state index contributed by atoms with van der Waals surface area (Å²) in [6, 6.07) is 19.7. The Morgan fingerprint density at radius 3 is 2.46 bits per heavy atom. The summed E-state index contributed by atoms with van der Waals surface area (Å²) >= 11 is 2.52. The van der Waals surface area contributed by atoms with E-state index in [1.807, 2.05) is 42.5 Å². The van der Waals surface area contributed by atoms with Crippen molar-refractivity contribution in [3.63, 3.8) is 0 Å². The number of hydrazone groups is 1. The zero-order chi connectivity index (χ0) is 24.4. The molecule has 8 nitrogen and oxygen atoms in total. The van der Waals surface area contributed by atoms with Crippen molar-refractivity contribution < 1.29 is 18.9 Å². The minimum absolute atomic E-state index is 0.207. The van der Waals surface area contributed by atoms with E-state index in [4.69, 9.17) is 4.74 Å². The van der Waals surface area contributed by atoms with Gasteiger partial charge in [0.25, 0.3) is 5.91 Å². The summed E-state index contributed by atoms with van der Waals surface area (Å²) in [5.41, 5.74) is 3.45. The molecule has 3 heterocycles. The summed E-state index contributed by atoms with van der Waals surface area (Å²) in [6.07, 6.45) is 1.35. The number of rotatable bonds is 5. The van der Waals surface area contributed by atoms with Gasteiger partial charge in [-0.1, -0.05) is 34.1 Å². The lowest BCUT2D eigenvalue weighted by molar-refractivity contribution is 0.0708. The van der Waals surface area contributed by atoms with E-state index in [1.165, 1.54) is 5.01 Å². The maximum atomic E-state index is 13.3. The molecule has 178 valence electrons. The van der Waals surface area contributed by atoms with E-state index >= 15 is 0 Å². The number of amides is 2. The van der Waals surface area contributed by atoms with Gasteiger partial charge in [-0.25, -0.2) is 9.80 Å². The minimum atomic E-state index is -0.879. The number of halogens is 1. The van der Waals surface area contributed by atoms with Crippen LogP contribution in [0.25, 0.3) is 0 Å². The van der Waals surface area contributed by atoms with Crippen molar-refractivity contribution in [1.29, 1.82) is 0 Å². The van der Waals surface area contributed by atoms with Crippen molar-refractivity contribution in [3.05, 3.63) is 94.2 Å². The highest BCUT2D eigenvalue weighted by atomic mass is 79.9. The third kappa shape index (κ3) is 5.39. The van der Waals surface area contributed by atoms with Crippen LogP contribution in [0.15, 0.2) is 82.5 Å². The lowest BCUT2D eigenvalue weighted by Crippen LogP contribution is -2.45. The average molecular weight is 553 g/mol. The van der Waals surface area contributed by atoms with Gasteiger partial charge < -0.3 is 9.29 Å². The normalized spacial score (nSPS) is 21.1. The largest absolute Gasteiger partial charge is 0.616 e. The van der Waals surface area contributed by atoms with Gasteiger partial charge in [0, 0.05) is 28.3 Å². The first-order valence-electron chi connectivity index (χ1n) is 11.0. The molecule has 2 aliphatic rings. The fourth-order valence-electron chi connectivity index (χ4n) is 3.88. The number of carbonyl (C=O) groups excluding carboxylic acids is 2. The van der Waals surface area contributed by atoms with E-state index < -0.39 is 17.3 Å². The van der Waals surface area contributed by atoms with Gasteiger partial charge in [-0.05, 0) is 65.3 Å². The van der Waals surface area contributed by atoms with Gasteiger partial charge in [-0.15, -0.1) is 0 Å². The van der Waals surface area contributed by atoms with Crippen molar-refractivity contribution >= 4 is 50.5 Å². The summed E-state index contributed by atoms with van der Waals surface area (Å²) in [5, 5.41) is 8.85. The van der Waals surface area contributed by atoms with E-state index in [-0.39, 0.29) is 18.1 Å². The SMILES string of the molecule is O=C(Nc1ccc(C2=NN(C(=O)c3ccc(Br)cc3)C(c3ccccn3)C2)cc1)OC1C[S+]([O-])C1. The predicted octanol–water partition coefficient (Wildman–Crippen LogP) is 4.52. The van der Waals surface area contributed by atoms with E-state index in [2.05, 4.69) is 31.3 Å². The Balaban J connectivity index is 1.33. The molecule has 1 saturated heterocycles. The lowest BCUT2D eigenvalue weighted by atomic mass is 10.0. The molecule has 1 atom stereocenters. The molecular formula is C25H21BrN4O4S. The zero-order valence-electron chi connectivity index (χ0n) is 18.5. The second-order valence-corrected chi connectivity index (χ2v) is 10.6. The number of nitrogens with zero attached hydrogens (tertiary/aromatic N) is 3. The standard InChI is InChI=1S/C25H21BrN4O4S/c26-18-8-4-17(5-9-18)24(31)30-23(21-3-1-2-12-27-21)13-22(29-30)16-6-10-19(11-7-16)28-25(32)34-20-14-35(33)15-20/h1-12,20,23H,13-15H2,(H,28,32). The molecule has 1 fully saturated rings. The molecule has 2 aromatic carbocycles. The maximum absolute atomic E-state index is 13.3. The van der Waals surface area contributed by atoms with E-state index in [0.717, 1.165) is 21.4 Å². The van der Waals surface area contributed by atoms with Gasteiger partial charge >= 0.3 is 6.09 Å². The van der Waals surface area contributed by atoms with Crippen LogP contribution in [0.1, 0.15) is 34.1 Å². The Kier molecular flexibility index (Phi) is 6.85. The van der Waals surface area contributed by atoms with Gasteiger partial charge in [0.15, 0.2) is 6.10 Å². The molecule has 2 amide bonds. The molecule has 10 heteroatoms. The number of anilines is 1. The molecule has 1 aromatic heterocycles. The van der Waals surface area contributed by atoms with Crippen LogP contribution in [0, 0.1) is 0 Å². The number of nitrogens with one attached hydrogen (secondary N) is 1. The van der Waals surface area contributed by atoms with Crippen LogP contribution < -0.4 is 5.32 Å². The van der Waals surface area contributed by atoms with Gasteiger partial charge in [0.1, 0.15) is 17.5 Å². The number of hydrogen-bond acceptors (Lipinski definition) is 6. The maximum Gasteiger partial charge on any atom is 0.412 e. The summed E-state index contributed by atoms with van der Waals surface area (Å²) in [4.78, 5) is 29.8. The van der Waals surface area contributed by atoms with Gasteiger partial charge in [-0.2, -0.15) is 5.10 Å². The lowest BCUT2D eigenvalue weighted by Gasteiger charge is -2.28. The summed E-state index contributed by atoms with van der Waals surface area (Å²) < 4.78 is 17.3. The Hall–Kier alpha value is -3.21. The Bertz CT molecular complexity index is 1250. The highest BCUT2D eigenvalue weighted by Crippen LogP contribution is 2.33. The highest BCUT2D eigenvalue weighted by molar-refractivity contribution is 9.10. The molecule has 35 heavy (non-hydrogen) atoms. The molecular weight excluding hydrogens is 532 g/mol. The fraction of sp³-hybridized carbons (Fsp3) is 0.200. The van der Waals surface area contributed by atoms with Crippen LogP contribution in [0.5, 0.6) is 0 Å². The van der Waals surface area contributed by atoms with Crippen LogP contribution in [-0.4, -0.2) is 49.9 Å². The van der Waals surface area contributed by atoms with Gasteiger partial charge in [0.05, 0.1) is 11.4 Å². The van der Waals surface area contributed by atoms with E-state index in [0.29, 0.717) is 29.2 Å². The predicted molar refractivity (Wildman–Crippen MR) is 137 cm³/mol. The average Bonchev–Trinajstić information content (AvgIpc) is 3.30. The minimum Gasteiger partial charge on any atom is -0.616 e. The van der Waals surface area contributed by atoms with Crippen LogP contribution in [0.3, 0.4) is 0 Å². The first-order chi connectivity index (χ1) is 17.0. The van der Waals surface area contributed by atoms with Crippen molar-refractivity contribution in [2.75, 3.05) is 16.8 Å². The molecule has 0 aliphatic carbocycles. The molecule has 5 rings (SSSR count). The number of aromatic nitrogens is 1. The number of pyridine rings is 1. The summed E-state index contributed by atoms with van der Waals surface area (Å²) in [5.74, 6) is 0.569. The van der Waals surface area contributed by atoms with Crippen LogP contribution in [0.4, 0.5) is 10.5 Å². The van der Waals surface area contributed by atoms with Crippen molar-refractivity contribution in [3.8, 4) is 0 Å². The Morgan fingerprint density at radius 2 is 1.80 bits per heavy atom. The number of benzene rings is 2. The highest BCUT2D eigenvalue weighted by Gasteiger charge is 2.36. The third-order valence-electron chi connectivity index (χ3n) is 5.72. The second-order valence-electron chi connectivity index (χ2n) is 8.18. The van der Waals surface area contributed by atoms with Crippen molar-refractivity contribution in [2.45, 2.75) is 18.6 Å². The third-order valence-corrected chi connectivity index (χ3v) is 7.74. The monoisotopic (exact) mass is 552 g/mol. The number of carbonyl (C=O) groups is 2. The Labute approximate surface area is 213 Å². The quantitative estimate of drug-likeness (QED) is 0.468. The van der Waals surface area contributed by atoms with Crippen LogP contribution in [0.2, 0.25) is 0 Å². The fourth-order valence-corrected chi connectivity index (χ4v) is 5.01. The second kappa shape index (κ2) is 10.2. The number of ether oxygens (including phenoxy) is 1. The van der Waals surface area contributed by atoms with E-state index in [1.54, 1.807) is 30.5 Å². The zero-order valence-corrected chi connectivity index (χ0v) is 20.9. The smallest absolute Gasteiger partial charge is 0.412 e. The van der Waals surface area contributed by atoms with Gasteiger partial charge in [-0.3, -0.25) is 15.1 Å². The van der Waals surface area contributed by atoms with Crippen molar-refractivity contribution in [1.82, 2.24) is 9.99 Å². The Morgan fingerprint density at radius 1 is 1.06 bits per heavy atom. The van der Waals surface area contributed by atoms with Gasteiger partial charge in [0.2, 0.25) is 0 Å². The van der Waals surface area contributed by atoms with Crippen LogP contribution in [-0.2, 0) is 15.9 Å². The molecule has 3 aromatic rings. The molecule has 0 radical (unpaired) electrons. The number of hydrogen-bond donors (Lipinski definition) is 1. The molecule has 0 spiro atoms. The summed E-state index contributed by atoms with van der Waals surface area (Å²) in [6.45, 7) is 0. The van der Waals surface area contributed by atoms with Crippen molar-refractivity contribution in [2.24, 2.45) is 5.10 Å². The molecule has 2 aliphatic heterocycles. The first kappa shape index (κ1) is 23.5. The topological polar surface area (TPSA) is 107 Å².